The van der Waals surface area contributed by atoms with E-state index < -0.39 is 5.72 Å². The summed E-state index contributed by atoms with van der Waals surface area (Å²) in [6, 6.07) is 54.7. The molecule has 0 bridgehead atoms. The number of nitrogens with one attached hydrogen (secondary N) is 1. The molecule has 0 fully saturated rings. The van der Waals surface area contributed by atoms with Gasteiger partial charge in [0.15, 0.2) is 0 Å². The average Bonchev–Trinajstić information content (AvgIpc) is 3.10. The molecule has 0 heterocycles. The van der Waals surface area contributed by atoms with Crippen molar-refractivity contribution >= 4 is 43.1 Å². The largest absolute Gasteiger partial charge is 0.372 e. The minimum Gasteiger partial charge on any atom is -0.372 e. The third-order valence-corrected chi connectivity index (χ3v) is 9.37. The summed E-state index contributed by atoms with van der Waals surface area (Å²) in [6.07, 6.45) is 0. The van der Waals surface area contributed by atoms with Gasteiger partial charge < -0.3 is 5.11 Å². The smallest absolute Gasteiger partial charge is 0.139 e. The van der Waals surface area contributed by atoms with E-state index in [4.69, 9.17) is 0 Å². The van der Waals surface area contributed by atoms with Crippen molar-refractivity contribution in [3.05, 3.63) is 157 Å². The molecule has 0 saturated carbocycles. The van der Waals surface area contributed by atoms with Crippen molar-refractivity contribution in [1.29, 1.82) is 0 Å². The molecule has 0 aliphatic heterocycles. The van der Waals surface area contributed by atoms with Crippen LogP contribution in [0.4, 0.5) is 0 Å². The first-order chi connectivity index (χ1) is 22.0. The molecule has 0 aliphatic rings. The molecule has 45 heavy (non-hydrogen) atoms. The Hall–Kier alpha value is -5.28. The molecule has 0 spiro atoms. The Morgan fingerprint density at radius 2 is 0.867 bits per heavy atom. The first-order valence-corrected chi connectivity index (χ1v) is 15.5. The quantitative estimate of drug-likeness (QED) is 0.157. The summed E-state index contributed by atoms with van der Waals surface area (Å²) in [5, 5.41) is 23.6. The number of rotatable bonds is 5. The van der Waals surface area contributed by atoms with Crippen LogP contribution in [-0.4, -0.2) is 12.2 Å². The van der Waals surface area contributed by atoms with Crippen LogP contribution >= 0.6 is 0 Å². The van der Waals surface area contributed by atoms with Crippen LogP contribution in [-0.2, 0) is 5.72 Å². The Balaban J connectivity index is 1.44. The second kappa shape index (κ2) is 10.7. The summed E-state index contributed by atoms with van der Waals surface area (Å²) in [6.45, 7) is 1.77. The van der Waals surface area contributed by atoms with Crippen LogP contribution in [0.3, 0.4) is 0 Å². The van der Waals surface area contributed by atoms with E-state index in [1.165, 1.54) is 65.3 Å². The molecule has 0 radical (unpaired) electrons. The highest BCUT2D eigenvalue weighted by Gasteiger charge is 2.21. The molecule has 2 N–H and O–H groups in total. The van der Waals surface area contributed by atoms with Crippen LogP contribution in [0, 0.1) is 0 Å². The van der Waals surface area contributed by atoms with Crippen LogP contribution < -0.4 is 5.32 Å². The first-order valence-electron chi connectivity index (χ1n) is 15.5. The summed E-state index contributed by atoms with van der Waals surface area (Å²) < 4.78 is 0. The van der Waals surface area contributed by atoms with Crippen LogP contribution in [0.15, 0.2) is 152 Å². The number of benzene rings is 8. The lowest BCUT2D eigenvalue weighted by atomic mass is 9.84. The van der Waals surface area contributed by atoms with Gasteiger partial charge in [0.25, 0.3) is 0 Å². The van der Waals surface area contributed by atoms with Gasteiger partial charge >= 0.3 is 0 Å². The average molecular weight is 580 g/mol. The minimum atomic E-state index is -1.08. The topological polar surface area (TPSA) is 32.3 Å². The minimum absolute atomic E-state index is 0.830. The summed E-state index contributed by atoms with van der Waals surface area (Å²) in [5.74, 6) is 0. The van der Waals surface area contributed by atoms with E-state index in [9.17, 15) is 5.11 Å². The lowest BCUT2D eigenvalue weighted by Gasteiger charge is -2.23. The predicted molar refractivity (Wildman–Crippen MR) is 191 cm³/mol. The zero-order valence-electron chi connectivity index (χ0n) is 25.4. The monoisotopic (exact) mass is 579 g/mol. The van der Waals surface area contributed by atoms with Gasteiger partial charge in [0.1, 0.15) is 5.72 Å². The van der Waals surface area contributed by atoms with Gasteiger partial charge in [0.05, 0.1) is 0 Å². The Bertz CT molecular complexity index is 2380. The van der Waals surface area contributed by atoms with Crippen LogP contribution in [0.25, 0.3) is 76.5 Å². The number of hydrogen-bond donors (Lipinski definition) is 2. The van der Waals surface area contributed by atoms with Crippen molar-refractivity contribution < 1.29 is 5.11 Å². The maximum atomic E-state index is 10.7. The second-order valence-corrected chi connectivity index (χ2v) is 12.1. The highest BCUT2D eigenvalue weighted by molar-refractivity contribution is 6.22. The maximum Gasteiger partial charge on any atom is 0.139 e. The summed E-state index contributed by atoms with van der Waals surface area (Å²) in [5.41, 5.74) is 6.91. The van der Waals surface area contributed by atoms with E-state index in [1.807, 2.05) is 12.1 Å². The van der Waals surface area contributed by atoms with Crippen molar-refractivity contribution in [2.45, 2.75) is 12.6 Å². The molecule has 2 heteroatoms. The number of hydrogen-bond acceptors (Lipinski definition) is 2. The predicted octanol–water partition coefficient (Wildman–Crippen LogP) is 10.7. The van der Waals surface area contributed by atoms with Crippen molar-refractivity contribution in [2.75, 3.05) is 7.05 Å². The highest BCUT2D eigenvalue weighted by Crippen LogP contribution is 2.45. The highest BCUT2D eigenvalue weighted by atomic mass is 16.3. The molecule has 2 nitrogen and oxygen atoms in total. The Morgan fingerprint density at radius 3 is 1.42 bits per heavy atom. The van der Waals surface area contributed by atoms with Gasteiger partial charge in [-0.25, -0.2) is 0 Å². The van der Waals surface area contributed by atoms with Gasteiger partial charge in [-0.2, -0.15) is 0 Å². The van der Waals surface area contributed by atoms with Gasteiger partial charge in [-0.05, 0) is 114 Å². The van der Waals surface area contributed by atoms with Crippen LogP contribution in [0.1, 0.15) is 12.5 Å². The number of aliphatic hydroxyl groups is 1. The van der Waals surface area contributed by atoms with Crippen LogP contribution in [0.2, 0.25) is 0 Å². The Morgan fingerprint density at radius 1 is 0.422 bits per heavy atom. The lowest BCUT2D eigenvalue weighted by Crippen LogP contribution is -2.36. The van der Waals surface area contributed by atoms with Gasteiger partial charge in [-0.15, -0.1) is 0 Å². The molecular weight excluding hydrogens is 546 g/mol. The molecule has 8 aromatic rings. The van der Waals surface area contributed by atoms with E-state index in [0.29, 0.717) is 0 Å². The zero-order chi connectivity index (χ0) is 30.5. The zero-order valence-corrected chi connectivity index (χ0v) is 25.4. The van der Waals surface area contributed by atoms with Crippen molar-refractivity contribution in [3.8, 4) is 33.4 Å². The van der Waals surface area contributed by atoms with E-state index in [0.717, 1.165) is 16.7 Å². The standard InChI is InChI=1S/C43H33NO/c1-43(45,44-2)36-22-19-30(20-23-36)33-21-24-39-40(27-33)42(35-18-16-29-10-4-6-12-32(29)26-35)38-14-8-7-13-37(38)41(39)34-17-15-28-9-3-5-11-31(28)25-34/h3-27,44-45H,1-2H3. The van der Waals surface area contributed by atoms with Crippen molar-refractivity contribution in [1.82, 2.24) is 5.32 Å². The normalized spacial score (nSPS) is 13.0. The fraction of sp³-hybridized carbons (Fsp3) is 0.0698. The van der Waals surface area contributed by atoms with E-state index in [2.05, 4.69) is 145 Å². The molecule has 1 unspecified atom stereocenters. The molecular formula is C43H33NO. The molecule has 1 atom stereocenters. The lowest BCUT2D eigenvalue weighted by molar-refractivity contribution is 0.0282. The maximum absolute atomic E-state index is 10.7. The van der Waals surface area contributed by atoms with Crippen LogP contribution in [0.5, 0.6) is 0 Å². The Kier molecular flexibility index (Phi) is 6.49. The molecule has 216 valence electrons. The van der Waals surface area contributed by atoms with Crippen molar-refractivity contribution in [3.63, 3.8) is 0 Å². The SMILES string of the molecule is CNC(C)(O)c1ccc(-c2ccc3c(-c4ccc5ccccc5c4)c4ccccc4c(-c4ccc5ccccc5c4)c3c2)cc1. The molecule has 0 saturated heterocycles. The summed E-state index contributed by atoms with van der Waals surface area (Å²) in [7, 11) is 1.77. The molecule has 0 aromatic heterocycles. The first kappa shape index (κ1) is 27.3. The summed E-state index contributed by atoms with van der Waals surface area (Å²) >= 11 is 0. The van der Waals surface area contributed by atoms with E-state index in [-0.39, 0.29) is 0 Å². The summed E-state index contributed by atoms with van der Waals surface area (Å²) in [4.78, 5) is 0. The van der Waals surface area contributed by atoms with Gasteiger partial charge in [0.2, 0.25) is 0 Å². The Labute approximate surface area is 263 Å². The fourth-order valence-electron chi connectivity index (χ4n) is 6.80. The number of fused-ring (bicyclic) bond motifs is 4. The van der Waals surface area contributed by atoms with E-state index >= 15 is 0 Å². The van der Waals surface area contributed by atoms with Gasteiger partial charge in [0, 0.05) is 0 Å². The third-order valence-electron chi connectivity index (χ3n) is 9.37. The third kappa shape index (κ3) is 4.67. The molecule has 8 aromatic carbocycles. The van der Waals surface area contributed by atoms with Gasteiger partial charge in [-0.3, -0.25) is 5.32 Å². The molecule has 0 aliphatic carbocycles. The second-order valence-electron chi connectivity index (χ2n) is 12.1. The van der Waals surface area contributed by atoms with E-state index in [1.54, 1.807) is 14.0 Å². The van der Waals surface area contributed by atoms with Crippen molar-refractivity contribution in [2.24, 2.45) is 0 Å². The molecule has 0 amide bonds. The molecule has 8 rings (SSSR count). The fourth-order valence-corrected chi connectivity index (χ4v) is 6.80. The van der Waals surface area contributed by atoms with Gasteiger partial charge in [-0.1, -0.05) is 133 Å².